The highest BCUT2D eigenvalue weighted by atomic mass is 19.4. The highest BCUT2D eigenvalue weighted by Crippen LogP contribution is 2.30. The molecule has 3 rings (SSSR count). The van der Waals surface area contributed by atoms with Gasteiger partial charge in [-0.15, -0.1) is 0 Å². The Morgan fingerprint density at radius 2 is 1.77 bits per heavy atom. The van der Waals surface area contributed by atoms with Gasteiger partial charge in [-0.1, -0.05) is 12.1 Å². The van der Waals surface area contributed by atoms with Crippen LogP contribution in [0.5, 0.6) is 5.75 Å². The highest BCUT2D eigenvalue weighted by molar-refractivity contribution is 5.44. The molecule has 1 aromatic heterocycles. The third-order valence-corrected chi connectivity index (χ3v) is 3.90. The van der Waals surface area contributed by atoms with Gasteiger partial charge in [0.2, 0.25) is 0 Å². The van der Waals surface area contributed by atoms with Crippen LogP contribution >= 0.6 is 0 Å². The molecule has 0 saturated heterocycles. The molecule has 0 aliphatic heterocycles. The Morgan fingerprint density at radius 1 is 1.08 bits per heavy atom. The van der Waals surface area contributed by atoms with Crippen molar-refractivity contribution in [2.45, 2.75) is 19.7 Å². The summed E-state index contributed by atoms with van der Waals surface area (Å²) in [4.78, 5) is 12.1. The van der Waals surface area contributed by atoms with Gasteiger partial charge in [-0.25, -0.2) is 4.79 Å². The number of aromatic nitrogens is 4. The molecule has 0 radical (unpaired) electrons. The smallest absolute Gasteiger partial charge is 0.416 e. The third kappa shape index (κ3) is 3.46. The largest absolute Gasteiger partial charge is 0.489 e. The lowest BCUT2D eigenvalue weighted by Gasteiger charge is -2.13. The van der Waals surface area contributed by atoms with Gasteiger partial charge < -0.3 is 4.74 Å². The molecule has 0 bridgehead atoms. The van der Waals surface area contributed by atoms with E-state index in [1.807, 2.05) is 13.0 Å². The topological polar surface area (TPSA) is 61.9 Å². The Bertz CT molecular complexity index is 975. The summed E-state index contributed by atoms with van der Waals surface area (Å²) < 4.78 is 45.7. The standard InChI is InChI=1S/C17H15F3N4O2/c1-11-4-3-5-15(24-16(25)23(2)21-22-24)14(11)10-26-13-8-6-12(7-9-13)17(18,19)20/h3-9H,10H2,1-2H3. The molecule has 9 heteroatoms. The SMILES string of the molecule is Cc1cccc(-n2nnn(C)c2=O)c1COc1ccc(C(F)(F)F)cc1. The van der Waals surface area contributed by atoms with Crippen molar-refractivity contribution in [3.63, 3.8) is 0 Å². The second-order valence-electron chi connectivity index (χ2n) is 5.68. The van der Waals surface area contributed by atoms with Crippen molar-refractivity contribution in [2.24, 2.45) is 7.05 Å². The fourth-order valence-electron chi connectivity index (χ4n) is 2.43. The fourth-order valence-corrected chi connectivity index (χ4v) is 2.43. The fraction of sp³-hybridized carbons (Fsp3) is 0.235. The normalized spacial score (nSPS) is 11.6. The zero-order valence-electron chi connectivity index (χ0n) is 14.0. The highest BCUT2D eigenvalue weighted by Gasteiger charge is 2.30. The Hall–Kier alpha value is -3.10. The first-order chi connectivity index (χ1) is 12.3. The van der Waals surface area contributed by atoms with E-state index in [9.17, 15) is 18.0 Å². The van der Waals surface area contributed by atoms with Crippen molar-refractivity contribution in [1.82, 2.24) is 19.8 Å². The second-order valence-corrected chi connectivity index (χ2v) is 5.68. The number of halogens is 3. The molecule has 6 nitrogen and oxygen atoms in total. The minimum atomic E-state index is -4.39. The van der Waals surface area contributed by atoms with Gasteiger partial charge >= 0.3 is 11.9 Å². The van der Waals surface area contributed by atoms with Crippen molar-refractivity contribution < 1.29 is 17.9 Å². The maximum Gasteiger partial charge on any atom is 0.416 e. The summed E-state index contributed by atoms with van der Waals surface area (Å²) in [5, 5.41) is 7.50. The molecular weight excluding hydrogens is 349 g/mol. The molecule has 0 fully saturated rings. The van der Waals surface area contributed by atoms with Gasteiger partial charge in [0.25, 0.3) is 0 Å². The van der Waals surface area contributed by atoms with Crippen LogP contribution in [0.3, 0.4) is 0 Å². The molecule has 0 N–H and O–H groups in total. The van der Waals surface area contributed by atoms with Crippen LogP contribution in [0.4, 0.5) is 13.2 Å². The molecule has 136 valence electrons. The van der Waals surface area contributed by atoms with Crippen LogP contribution in [0.2, 0.25) is 0 Å². The maximum atomic E-state index is 12.6. The number of nitrogens with zero attached hydrogens (tertiary/aromatic N) is 4. The molecule has 26 heavy (non-hydrogen) atoms. The van der Waals surface area contributed by atoms with E-state index in [1.54, 1.807) is 12.1 Å². The maximum absolute atomic E-state index is 12.6. The first-order valence-electron chi connectivity index (χ1n) is 7.65. The monoisotopic (exact) mass is 364 g/mol. The van der Waals surface area contributed by atoms with Crippen LogP contribution in [0, 0.1) is 6.92 Å². The lowest BCUT2D eigenvalue weighted by Crippen LogP contribution is -2.23. The summed E-state index contributed by atoms with van der Waals surface area (Å²) in [5.74, 6) is 0.290. The van der Waals surface area contributed by atoms with Crippen molar-refractivity contribution in [1.29, 1.82) is 0 Å². The van der Waals surface area contributed by atoms with Crippen LogP contribution in [0.15, 0.2) is 47.3 Å². The number of aryl methyl sites for hydroxylation is 2. The van der Waals surface area contributed by atoms with Crippen LogP contribution in [-0.2, 0) is 19.8 Å². The van der Waals surface area contributed by atoms with Gasteiger partial charge in [0, 0.05) is 12.6 Å². The summed E-state index contributed by atoms with van der Waals surface area (Å²) in [6.07, 6.45) is -4.39. The number of alkyl halides is 3. The van der Waals surface area contributed by atoms with Gasteiger partial charge in [0.15, 0.2) is 0 Å². The van der Waals surface area contributed by atoms with Crippen molar-refractivity contribution in [3.8, 4) is 11.4 Å². The Morgan fingerprint density at radius 3 is 2.35 bits per heavy atom. The number of hydrogen-bond acceptors (Lipinski definition) is 4. The van der Waals surface area contributed by atoms with E-state index < -0.39 is 17.4 Å². The number of tetrazole rings is 1. The first kappa shape index (κ1) is 17.7. The zero-order chi connectivity index (χ0) is 18.9. The van der Waals surface area contributed by atoms with E-state index in [4.69, 9.17) is 4.74 Å². The van der Waals surface area contributed by atoms with E-state index in [0.717, 1.165) is 27.1 Å². The number of rotatable bonds is 4. The first-order valence-corrected chi connectivity index (χ1v) is 7.65. The molecule has 0 saturated carbocycles. The predicted molar refractivity (Wildman–Crippen MR) is 87.1 cm³/mol. The number of benzene rings is 2. The van der Waals surface area contributed by atoms with Crippen LogP contribution in [-0.4, -0.2) is 19.8 Å². The Labute approximate surface area is 146 Å². The van der Waals surface area contributed by atoms with E-state index in [1.165, 1.54) is 19.2 Å². The molecule has 0 unspecified atom stereocenters. The molecule has 3 aromatic rings. The number of hydrogen-bond donors (Lipinski definition) is 0. The van der Waals surface area contributed by atoms with Crippen LogP contribution < -0.4 is 10.4 Å². The molecule has 0 amide bonds. The summed E-state index contributed by atoms with van der Waals surface area (Å²) >= 11 is 0. The zero-order valence-corrected chi connectivity index (χ0v) is 14.0. The predicted octanol–water partition coefficient (Wildman–Crippen LogP) is 2.87. The van der Waals surface area contributed by atoms with Gasteiger partial charge in [-0.2, -0.15) is 22.5 Å². The lowest BCUT2D eigenvalue weighted by atomic mass is 10.1. The van der Waals surface area contributed by atoms with Gasteiger partial charge in [-0.05, 0) is 53.2 Å². The van der Waals surface area contributed by atoms with E-state index in [0.29, 0.717) is 17.0 Å². The molecule has 1 heterocycles. The van der Waals surface area contributed by atoms with E-state index in [-0.39, 0.29) is 6.61 Å². The summed E-state index contributed by atoms with van der Waals surface area (Å²) in [5.41, 5.74) is 0.899. The summed E-state index contributed by atoms with van der Waals surface area (Å²) in [6, 6.07) is 9.76. The van der Waals surface area contributed by atoms with Gasteiger partial charge in [-0.3, -0.25) is 0 Å². The average Bonchev–Trinajstić information content (AvgIpc) is 2.92. The lowest BCUT2D eigenvalue weighted by molar-refractivity contribution is -0.137. The quantitative estimate of drug-likeness (QED) is 0.714. The molecular formula is C17H15F3N4O2. The average molecular weight is 364 g/mol. The van der Waals surface area contributed by atoms with Crippen molar-refractivity contribution >= 4 is 0 Å². The molecule has 0 aliphatic rings. The Kier molecular flexibility index (Phi) is 4.54. The minimum absolute atomic E-state index is 0.0659. The van der Waals surface area contributed by atoms with E-state index in [2.05, 4.69) is 10.4 Å². The second kappa shape index (κ2) is 6.66. The van der Waals surface area contributed by atoms with Gasteiger partial charge in [0.1, 0.15) is 12.4 Å². The van der Waals surface area contributed by atoms with E-state index >= 15 is 0 Å². The molecule has 0 aliphatic carbocycles. The van der Waals surface area contributed by atoms with Crippen molar-refractivity contribution in [3.05, 3.63) is 69.6 Å². The number of ether oxygens (including phenoxy) is 1. The third-order valence-electron chi connectivity index (χ3n) is 3.90. The van der Waals surface area contributed by atoms with Crippen LogP contribution in [0.1, 0.15) is 16.7 Å². The van der Waals surface area contributed by atoms with Crippen LogP contribution in [0.25, 0.3) is 5.69 Å². The molecule has 2 aromatic carbocycles. The summed E-state index contributed by atoms with van der Waals surface area (Å²) in [6.45, 7) is 1.91. The van der Waals surface area contributed by atoms with Crippen molar-refractivity contribution in [2.75, 3.05) is 0 Å². The minimum Gasteiger partial charge on any atom is -0.489 e. The van der Waals surface area contributed by atoms with Gasteiger partial charge in [0.05, 0.1) is 11.3 Å². The molecule has 0 spiro atoms. The summed E-state index contributed by atoms with van der Waals surface area (Å²) in [7, 11) is 1.49. The Balaban J connectivity index is 1.87. The molecule has 0 atom stereocenters.